The summed E-state index contributed by atoms with van der Waals surface area (Å²) in [6.45, 7) is 0.308. The molecule has 0 aromatic carbocycles. The minimum atomic E-state index is -4.38. The van der Waals surface area contributed by atoms with Crippen LogP contribution < -0.4 is 9.88 Å². The summed E-state index contributed by atoms with van der Waals surface area (Å²) in [6.07, 6.45) is 3.55. The fraction of sp³-hybridized carbons (Fsp3) is 0.571. The van der Waals surface area contributed by atoms with E-state index in [4.69, 9.17) is 0 Å². The smallest absolute Gasteiger partial charge is 0.341 e. The van der Waals surface area contributed by atoms with Crippen LogP contribution in [0.5, 0.6) is 0 Å². The Morgan fingerprint density at radius 2 is 2.00 bits per heavy atom. The maximum absolute atomic E-state index is 12.1. The zero-order valence-corrected chi connectivity index (χ0v) is 11.3. The number of aryl methyl sites for hydroxylation is 2. The molecule has 0 fully saturated rings. The Kier molecular flexibility index (Phi) is 4.30. The largest absolute Gasteiger partial charge is 0.405 e. The number of halogens is 3. The van der Waals surface area contributed by atoms with Crippen LogP contribution in [0.25, 0.3) is 0 Å². The second-order valence-electron chi connectivity index (χ2n) is 5.16. The first kappa shape index (κ1) is 14.8. The number of nitrogens with zero attached hydrogens (tertiary/aromatic N) is 1. The number of rotatable bonds is 3. The molecule has 20 heavy (non-hydrogen) atoms. The van der Waals surface area contributed by atoms with Crippen LogP contribution in [-0.4, -0.2) is 18.6 Å². The number of aromatic nitrogens is 1. The number of fused-ring (bicyclic) bond motifs is 1. The molecule has 1 heterocycles. The van der Waals surface area contributed by atoms with Crippen LogP contribution in [0, 0.1) is 0 Å². The fourth-order valence-corrected chi connectivity index (χ4v) is 2.40. The van der Waals surface area contributed by atoms with Gasteiger partial charge in [0.1, 0.15) is 6.54 Å². The van der Waals surface area contributed by atoms with E-state index in [1.165, 1.54) is 17.5 Å². The third kappa shape index (κ3) is 3.71. The maximum atomic E-state index is 12.1. The van der Waals surface area contributed by atoms with Gasteiger partial charge in [-0.2, -0.15) is 17.7 Å². The Balaban J connectivity index is 2.05. The molecular weight excluding hydrogens is 269 g/mol. The summed E-state index contributed by atoms with van der Waals surface area (Å²) < 4.78 is 37.9. The lowest BCUT2D eigenvalue weighted by Crippen LogP contribution is -2.48. The van der Waals surface area contributed by atoms with Gasteiger partial charge >= 0.3 is 6.18 Å². The average Bonchev–Trinajstić information content (AvgIpc) is 2.42. The number of carbonyl (C=O) groups is 1. The second-order valence-corrected chi connectivity index (χ2v) is 5.16. The van der Waals surface area contributed by atoms with Gasteiger partial charge in [-0.3, -0.25) is 4.79 Å². The van der Waals surface area contributed by atoms with Gasteiger partial charge in [-0.05, 0) is 31.2 Å². The third-order valence-corrected chi connectivity index (χ3v) is 3.60. The van der Waals surface area contributed by atoms with Gasteiger partial charge in [0.25, 0.3) is 5.91 Å². The van der Waals surface area contributed by atoms with Crippen LogP contribution in [0.1, 0.15) is 36.9 Å². The van der Waals surface area contributed by atoms with Gasteiger partial charge in [-0.25, -0.2) is 0 Å². The minimum Gasteiger partial charge on any atom is -0.341 e. The summed E-state index contributed by atoms with van der Waals surface area (Å²) in [6, 6.07) is 1.31. The molecule has 2 rings (SSSR count). The quantitative estimate of drug-likeness (QED) is 0.849. The molecule has 0 spiro atoms. The predicted octanol–water partition coefficient (Wildman–Crippen LogP) is 2.09. The molecule has 0 unspecified atom stereocenters. The lowest BCUT2D eigenvalue weighted by atomic mass is 9.93. The van der Waals surface area contributed by atoms with Gasteiger partial charge in [0, 0.05) is 18.6 Å². The summed E-state index contributed by atoms with van der Waals surface area (Å²) in [5.41, 5.74) is 2.46. The summed E-state index contributed by atoms with van der Waals surface area (Å²) in [5.74, 6) is -0.622. The first-order valence-electron chi connectivity index (χ1n) is 6.74. The summed E-state index contributed by atoms with van der Waals surface area (Å²) in [4.78, 5) is 11.7. The Bertz CT molecular complexity index is 500. The van der Waals surface area contributed by atoms with Crippen molar-refractivity contribution in [1.82, 2.24) is 5.32 Å². The van der Waals surface area contributed by atoms with Crippen LogP contribution in [0.4, 0.5) is 13.2 Å². The van der Waals surface area contributed by atoms with E-state index in [1.807, 2.05) is 17.6 Å². The molecule has 0 aliphatic heterocycles. The van der Waals surface area contributed by atoms with Crippen LogP contribution in [-0.2, 0) is 17.6 Å². The molecule has 3 nitrogen and oxygen atoms in total. The lowest BCUT2D eigenvalue weighted by Gasteiger charge is -2.15. The van der Waals surface area contributed by atoms with E-state index in [0.29, 0.717) is 0 Å². The number of nitrogens with one attached hydrogen (secondary N) is 1. The normalized spacial score (nSPS) is 16.4. The van der Waals surface area contributed by atoms with Gasteiger partial charge < -0.3 is 5.32 Å². The molecule has 1 N–H and O–H groups in total. The van der Waals surface area contributed by atoms with Crippen molar-refractivity contribution in [3.8, 4) is 0 Å². The van der Waals surface area contributed by atoms with Crippen LogP contribution in [0.3, 0.4) is 0 Å². The molecule has 1 aromatic rings. The van der Waals surface area contributed by atoms with Crippen molar-refractivity contribution in [2.75, 3.05) is 6.54 Å². The third-order valence-electron chi connectivity index (χ3n) is 3.60. The standard InChI is InChI=1S/C14H17F3N2O/c1-10(13(20)18-9-14(15,16)17)19-7-6-11-4-2-3-5-12(11)8-19/h6-8,10H,2-5,9H2,1H3/p+1/t10-/m0/s1. The maximum Gasteiger partial charge on any atom is 0.405 e. The minimum absolute atomic E-state index is 0.622. The van der Waals surface area contributed by atoms with E-state index in [-0.39, 0.29) is 0 Å². The van der Waals surface area contributed by atoms with E-state index in [1.54, 1.807) is 17.7 Å². The highest BCUT2D eigenvalue weighted by Gasteiger charge is 2.31. The first-order chi connectivity index (χ1) is 9.37. The van der Waals surface area contributed by atoms with Crippen molar-refractivity contribution in [3.63, 3.8) is 0 Å². The topological polar surface area (TPSA) is 33.0 Å². The van der Waals surface area contributed by atoms with Crippen LogP contribution in [0.15, 0.2) is 18.5 Å². The van der Waals surface area contributed by atoms with Crippen molar-refractivity contribution in [1.29, 1.82) is 0 Å². The molecular formula is C14H18F3N2O+. The van der Waals surface area contributed by atoms with Gasteiger partial charge in [0.2, 0.25) is 6.04 Å². The van der Waals surface area contributed by atoms with E-state index in [0.717, 1.165) is 19.3 Å². The van der Waals surface area contributed by atoms with Crippen molar-refractivity contribution >= 4 is 5.91 Å². The number of pyridine rings is 1. The van der Waals surface area contributed by atoms with Gasteiger partial charge in [0.15, 0.2) is 12.4 Å². The van der Waals surface area contributed by atoms with Gasteiger partial charge in [-0.15, -0.1) is 0 Å². The molecule has 0 saturated carbocycles. The highest BCUT2D eigenvalue weighted by molar-refractivity contribution is 5.78. The summed E-state index contributed by atoms with van der Waals surface area (Å²) in [7, 11) is 0. The average molecular weight is 287 g/mol. The Morgan fingerprint density at radius 1 is 1.35 bits per heavy atom. The predicted molar refractivity (Wildman–Crippen MR) is 67.1 cm³/mol. The van der Waals surface area contributed by atoms with Crippen molar-refractivity contribution in [2.45, 2.75) is 44.8 Å². The summed E-state index contributed by atoms with van der Waals surface area (Å²) >= 11 is 0. The number of hydrogen-bond acceptors (Lipinski definition) is 1. The van der Waals surface area contributed by atoms with E-state index in [2.05, 4.69) is 0 Å². The Hall–Kier alpha value is -1.59. The first-order valence-corrected chi connectivity index (χ1v) is 6.74. The number of amides is 1. The highest BCUT2D eigenvalue weighted by Crippen LogP contribution is 2.19. The van der Waals surface area contributed by atoms with Crippen LogP contribution >= 0.6 is 0 Å². The Labute approximate surface area is 115 Å². The van der Waals surface area contributed by atoms with Crippen molar-refractivity contribution in [3.05, 3.63) is 29.6 Å². The van der Waals surface area contributed by atoms with E-state index < -0.39 is 24.7 Å². The molecule has 1 aliphatic rings. The molecule has 1 atom stereocenters. The van der Waals surface area contributed by atoms with E-state index in [9.17, 15) is 18.0 Å². The van der Waals surface area contributed by atoms with Crippen molar-refractivity contribution < 1.29 is 22.5 Å². The van der Waals surface area contributed by atoms with Crippen molar-refractivity contribution in [2.24, 2.45) is 0 Å². The zero-order valence-electron chi connectivity index (χ0n) is 11.3. The van der Waals surface area contributed by atoms with Gasteiger partial charge in [0.05, 0.1) is 0 Å². The molecule has 1 aromatic heterocycles. The molecule has 0 radical (unpaired) electrons. The van der Waals surface area contributed by atoms with Gasteiger partial charge in [-0.1, -0.05) is 0 Å². The van der Waals surface area contributed by atoms with E-state index >= 15 is 0 Å². The number of hydrogen-bond donors (Lipinski definition) is 1. The monoisotopic (exact) mass is 287 g/mol. The SMILES string of the molecule is C[C@@H](C(=O)NCC(F)(F)F)[n+]1ccc2c(c1)CCCC2. The highest BCUT2D eigenvalue weighted by atomic mass is 19.4. The van der Waals surface area contributed by atoms with Crippen LogP contribution in [0.2, 0.25) is 0 Å². The zero-order chi connectivity index (χ0) is 14.8. The molecule has 1 aliphatic carbocycles. The number of carbonyl (C=O) groups excluding carboxylic acids is 1. The molecule has 1 amide bonds. The Morgan fingerprint density at radius 3 is 2.65 bits per heavy atom. The lowest BCUT2D eigenvalue weighted by molar-refractivity contribution is -0.706. The number of alkyl halides is 3. The second kappa shape index (κ2) is 5.81. The fourth-order valence-electron chi connectivity index (χ4n) is 2.40. The molecule has 110 valence electrons. The summed E-state index contributed by atoms with van der Waals surface area (Å²) in [5, 5.41) is 1.92. The molecule has 6 heteroatoms. The molecule has 0 saturated heterocycles. The molecule has 0 bridgehead atoms.